The molecule has 3 N–H and O–H groups in total. The number of nitrogens with one attached hydrogen (secondary N) is 1. The minimum Gasteiger partial charge on any atom is -0.502 e. The smallest absolute Gasteiger partial charge is 0.258 e. The minimum atomic E-state index is -0.569. The first-order valence-corrected chi connectivity index (χ1v) is 7.59. The van der Waals surface area contributed by atoms with Crippen LogP contribution < -0.4 is 5.32 Å². The Morgan fingerprint density at radius 3 is 2.33 bits per heavy atom. The number of furan rings is 1. The monoisotopic (exact) mass is 363 g/mol. The number of anilines is 1. The maximum absolute atomic E-state index is 12.1. The standard InChI is InChI=1S/C17H11Cl2NO4/c18-11-7-6-10(8-12(11)19)15-13(21)14(22)17(24-15)20-16(23)9-4-2-1-3-5-9/h1-8,21-22H,(H,20,23). The molecule has 0 radical (unpaired) electrons. The van der Waals surface area contributed by atoms with E-state index in [4.69, 9.17) is 27.6 Å². The van der Waals surface area contributed by atoms with Gasteiger partial charge in [0.05, 0.1) is 10.0 Å². The van der Waals surface area contributed by atoms with Gasteiger partial charge in [0.25, 0.3) is 5.91 Å². The molecule has 122 valence electrons. The van der Waals surface area contributed by atoms with Crippen LogP contribution in [-0.4, -0.2) is 16.1 Å². The molecule has 1 aromatic heterocycles. The zero-order valence-corrected chi connectivity index (χ0v) is 13.6. The van der Waals surface area contributed by atoms with Crippen molar-refractivity contribution in [1.82, 2.24) is 0 Å². The Bertz CT molecular complexity index is 906. The van der Waals surface area contributed by atoms with Gasteiger partial charge in [0.15, 0.2) is 5.76 Å². The van der Waals surface area contributed by atoms with E-state index in [0.29, 0.717) is 16.1 Å². The van der Waals surface area contributed by atoms with E-state index in [-0.39, 0.29) is 16.7 Å². The van der Waals surface area contributed by atoms with Crippen LogP contribution in [0.3, 0.4) is 0 Å². The summed E-state index contributed by atoms with van der Waals surface area (Å²) in [7, 11) is 0. The van der Waals surface area contributed by atoms with Crippen molar-refractivity contribution in [3.63, 3.8) is 0 Å². The third-order valence-corrected chi connectivity index (χ3v) is 4.04. The normalized spacial score (nSPS) is 10.6. The summed E-state index contributed by atoms with van der Waals surface area (Å²) < 4.78 is 5.38. The van der Waals surface area contributed by atoms with E-state index in [1.54, 1.807) is 36.4 Å². The van der Waals surface area contributed by atoms with Crippen molar-refractivity contribution in [3.8, 4) is 22.8 Å². The van der Waals surface area contributed by atoms with Gasteiger partial charge in [-0.25, -0.2) is 0 Å². The highest BCUT2D eigenvalue weighted by Gasteiger charge is 2.23. The summed E-state index contributed by atoms with van der Waals surface area (Å²) in [6, 6.07) is 13.0. The van der Waals surface area contributed by atoms with Crippen molar-refractivity contribution in [2.75, 3.05) is 5.32 Å². The highest BCUT2D eigenvalue weighted by atomic mass is 35.5. The molecule has 3 aromatic rings. The van der Waals surface area contributed by atoms with Crippen molar-refractivity contribution in [1.29, 1.82) is 0 Å². The average molecular weight is 364 g/mol. The number of carbonyl (C=O) groups is 1. The molecule has 0 bridgehead atoms. The largest absolute Gasteiger partial charge is 0.502 e. The summed E-state index contributed by atoms with van der Waals surface area (Å²) >= 11 is 11.8. The molecule has 5 nitrogen and oxygen atoms in total. The first-order chi connectivity index (χ1) is 11.5. The molecule has 0 unspecified atom stereocenters. The van der Waals surface area contributed by atoms with Crippen LogP contribution in [0.2, 0.25) is 10.0 Å². The highest BCUT2D eigenvalue weighted by molar-refractivity contribution is 6.42. The van der Waals surface area contributed by atoms with E-state index >= 15 is 0 Å². The summed E-state index contributed by atoms with van der Waals surface area (Å²) in [5.41, 5.74) is 0.779. The number of benzene rings is 2. The van der Waals surface area contributed by atoms with Gasteiger partial charge >= 0.3 is 0 Å². The van der Waals surface area contributed by atoms with E-state index in [9.17, 15) is 15.0 Å². The third kappa shape index (κ3) is 3.04. The Morgan fingerprint density at radius 2 is 1.67 bits per heavy atom. The Kier molecular flexibility index (Phi) is 4.38. The topological polar surface area (TPSA) is 82.7 Å². The van der Waals surface area contributed by atoms with E-state index < -0.39 is 17.4 Å². The molecule has 0 aliphatic rings. The van der Waals surface area contributed by atoms with E-state index in [1.807, 2.05) is 0 Å². The number of hydrogen-bond donors (Lipinski definition) is 3. The van der Waals surface area contributed by atoms with Crippen molar-refractivity contribution in [2.24, 2.45) is 0 Å². The van der Waals surface area contributed by atoms with Crippen LogP contribution in [0.5, 0.6) is 11.5 Å². The summed E-state index contributed by atoms with van der Waals surface area (Å²) in [4.78, 5) is 12.1. The lowest BCUT2D eigenvalue weighted by Gasteiger charge is -2.02. The number of halogens is 2. The van der Waals surface area contributed by atoms with Crippen LogP contribution in [0.4, 0.5) is 5.88 Å². The van der Waals surface area contributed by atoms with Gasteiger partial charge in [0.1, 0.15) is 0 Å². The van der Waals surface area contributed by atoms with Gasteiger partial charge in [0.2, 0.25) is 17.4 Å². The molecule has 0 atom stereocenters. The van der Waals surface area contributed by atoms with Gasteiger partial charge in [-0.3, -0.25) is 10.1 Å². The van der Waals surface area contributed by atoms with Crippen LogP contribution in [0.25, 0.3) is 11.3 Å². The van der Waals surface area contributed by atoms with Gasteiger partial charge in [0, 0.05) is 11.1 Å². The van der Waals surface area contributed by atoms with Crippen LogP contribution in [0, 0.1) is 0 Å². The van der Waals surface area contributed by atoms with Crippen LogP contribution in [0.15, 0.2) is 52.9 Å². The van der Waals surface area contributed by atoms with Crippen LogP contribution in [0.1, 0.15) is 10.4 Å². The molecule has 1 amide bonds. The second-order valence-corrected chi connectivity index (χ2v) is 5.72. The molecule has 2 aromatic carbocycles. The molecule has 24 heavy (non-hydrogen) atoms. The van der Waals surface area contributed by atoms with Gasteiger partial charge in [-0.05, 0) is 30.3 Å². The van der Waals surface area contributed by atoms with Gasteiger partial charge in [-0.1, -0.05) is 41.4 Å². The fourth-order valence-corrected chi connectivity index (χ4v) is 2.39. The Morgan fingerprint density at radius 1 is 0.958 bits per heavy atom. The maximum atomic E-state index is 12.1. The molecule has 0 saturated carbocycles. The quantitative estimate of drug-likeness (QED) is 0.616. The SMILES string of the molecule is O=C(Nc1oc(-c2ccc(Cl)c(Cl)c2)c(O)c1O)c1ccccc1. The number of amides is 1. The van der Waals surface area contributed by atoms with Gasteiger partial charge in [-0.2, -0.15) is 0 Å². The first kappa shape index (κ1) is 16.2. The van der Waals surface area contributed by atoms with Crippen LogP contribution in [-0.2, 0) is 0 Å². The Labute approximate surface area is 147 Å². The molecule has 0 spiro atoms. The second-order valence-electron chi connectivity index (χ2n) is 4.91. The number of carbonyl (C=O) groups excluding carboxylic acids is 1. The molecule has 3 rings (SSSR count). The van der Waals surface area contributed by atoms with E-state index in [2.05, 4.69) is 5.32 Å². The minimum absolute atomic E-state index is 0.0329. The van der Waals surface area contributed by atoms with Gasteiger partial charge in [-0.15, -0.1) is 0 Å². The molecule has 0 saturated heterocycles. The summed E-state index contributed by atoms with van der Waals surface area (Å²) in [5.74, 6) is -1.85. The van der Waals surface area contributed by atoms with Gasteiger partial charge < -0.3 is 14.6 Å². The van der Waals surface area contributed by atoms with Crippen molar-refractivity contribution < 1.29 is 19.4 Å². The average Bonchev–Trinajstić information content (AvgIpc) is 2.86. The van der Waals surface area contributed by atoms with Crippen LogP contribution >= 0.6 is 23.2 Å². The molecule has 7 heteroatoms. The third-order valence-electron chi connectivity index (χ3n) is 3.30. The molecule has 0 aliphatic heterocycles. The second kappa shape index (κ2) is 6.47. The van der Waals surface area contributed by atoms with Crippen molar-refractivity contribution >= 4 is 35.0 Å². The number of rotatable bonds is 3. The highest BCUT2D eigenvalue weighted by Crippen LogP contribution is 2.46. The van der Waals surface area contributed by atoms with Crippen molar-refractivity contribution in [3.05, 3.63) is 64.1 Å². The molecule has 0 fully saturated rings. The lowest BCUT2D eigenvalue weighted by molar-refractivity contribution is 0.102. The lowest BCUT2D eigenvalue weighted by Crippen LogP contribution is -2.10. The molecular formula is C17H11Cl2NO4. The number of hydrogen-bond acceptors (Lipinski definition) is 4. The first-order valence-electron chi connectivity index (χ1n) is 6.84. The molecule has 0 aliphatic carbocycles. The number of aromatic hydroxyl groups is 2. The van der Waals surface area contributed by atoms with E-state index in [1.165, 1.54) is 12.1 Å². The summed E-state index contributed by atoms with van der Waals surface area (Å²) in [6.45, 7) is 0. The predicted molar refractivity (Wildman–Crippen MR) is 91.9 cm³/mol. The fourth-order valence-electron chi connectivity index (χ4n) is 2.10. The Hall–Kier alpha value is -2.63. The lowest BCUT2D eigenvalue weighted by atomic mass is 10.1. The summed E-state index contributed by atoms with van der Waals surface area (Å²) in [6.07, 6.45) is 0. The molecule has 1 heterocycles. The Balaban J connectivity index is 1.94. The fraction of sp³-hybridized carbons (Fsp3) is 0. The zero-order valence-electron chi connectivity index (χ0n) is 12.1. The zero-order chi connectivity index (χ0) is 17.3. The van der Waals surface area contributed by atoms with E-state index in [0.717, 1.165) is 0 Å². The summed E-state index contributed by atoms with van der Waals surface area (Å²) in [5, 5.41) is 23.0. The predicted octanol–water partition coefficient (Wildman–Crippen LogP) is 4.92. The maximum Gasteiger partial charge on any atom is 0.258 e. The molecular weight excluding hydrogens is 353 g/mol. The van der Waals surface area contributed by atoms with Crippen molar-refractivity contribution in [2.45, 2.75) is 0 Å².